The van der Waals surface area contributed by atoms with Gasteiger partial charge in [0.05, 0.1) is 5.02 Å². The van der Waals surface area contributed by atoms with Crippen molar-refractivity contribution in [1.82, 2.24) is 9.78 Å². The lowest BCUT2D eigenvalue weighted by atomic mass is 10.2. The number of halogens is 1. The van der Waals surface area contributed by atoms with Crippen molar-refractivity contribution in [3.8, 4) is 5.75 Å². The monoisotopic (exact) mass is 398 g/mol. The lowest BCUT2D eigenvalue weighted by Crippen LogP contribution is -2.14. The molecule has 0 bridgehead atoms. The Balaban J connectivity index is 1.59. The predicted octanol–water partition coefficient (Wildman–Crippen LogP) is 4.09. The molecule has 3 rings (SSSR count). The van der Waals surface area contributed by atoms with Gasteiger partial charge in [0.25, 0.3) is 5.91 Å². The number of anilines is 2. The van der Waals surface area contributed by atoms with Crippen LogP contribution in [-0.4, -0.2) is 21.6 Å². The first-order chi connectivity index (χ1) is 13.4. The molecule has 28 heavy (non-hydrogen) atoms. The topological polar surface area (TPSA) is 85.2 Å². The van der Waals surface area contributed by atoms with Crippen LogP contribution >= 0.6 is 11.6 Å². The third kappa shape index (κ3) is 5.11. The molecule has 144 valence electrons. The quantitative estimate of drug-likeness (QED) is 0.654. The van der Waals surface area contributed by atoms with E-state index in [0.717, 1.165) is 5.56 Å². The zero-order chi connectivity index (χ0) is 20.1. The Labute approximate surface area is 167 Å². The number of hydrogen-bond donors (Lipinski definition) is 2. The van der Waals surface area contributed by atoms with Crippen molar-refractivity contribution in [2.45, 2.75) is 20.6 Å². The number of benzene rings is 2. The van der Waals surface area contributed by atoms with Crippen LogP contribution < -0.4 is 15.4 Å². The highest BCUT2D eigenvalue weighted by Crippen LogP contribution is 2.25. The summed E-state index contributed by atoms with van der Waals surface area (Å²) in [5.41, 5.74) is 2.53. The fourth-order valence-corrected chi connectivity index (χ4v) is 2.62. The van der Waals surface area contributed by atoms with Gasteiger partial charge < -0.3 is 15.4 Å². The molecule has 0 atom stereocenters. The molecule has 0 spiro atoms. The van der Waals surface area contributed by atoms with Crippen molar-refractivity contribution in [2.75, 3.05) is 10.6 Å². The number of carbonyl (C=O) groups excluding carboxylic acids is 2. The van der Waals surface area contributed by atoms with Gasteiger partial charge in [-0.2, -0.15) is 5.10 Å². The average Bonchev–Trinajstić information content (AvgIpc) is 3.13. The smallest absolute Gasteiger partial charge is 0.276 e. The molecular formula is C20H19ClN4O3. The number of hydrogen-bond acceptors (Lipinski definition) is 4. The molecule has 3 aromatic rings. The molecule has 0 fully saturated rings. The number of carbonyl (C=O) groups is 2. The highest BCUT2D eigenvalue weighted by molar-refractivity contribution is 6.32. The van der Waals surface area contributed by atoms with Gasteiger partial charge in [0.1, 0.15) is 5.75 Å². The summed E-state index contributed by atoms with van der Waals surface area (Å²) in [4.78, 5) is 23.4. The van der Waals surface area contributed by atoms with E-state index < -0.39 is 0 Å². The Kier molecular flexibility index (Phi) is 5.96. The Morgan fingerprint density at radius 2 is 1.75 bits per heavy atom. The second-order valence-corrected chi connectivity index (χ2v) is 6.57. The number of rotatable bonds is 6. The van der Waals surface area contributed by atoms with Gasteiger partial charge in [-0.1, -0.05) is 17.7 Å². The number of aryl methyl sites for hydroxylation is 1. The van der Waals surface area contributed by atoms with E-state index in [9.17, 15) is 9.59 Å². The molecule has 7 nitrogen and oxygen atoms in total. The van der Waals surface area contributed by atoms with Crippen molar-refractivity contribution in [3.63, 3.8) is 0 Å². The number of aromatic nitrogens is 2. The first-order valence-corrected chi connectivity index (χ1v) is 8.90. The second kappa shape index (κ2) is 8.58. The standard InChI is InChI=1S/C20H19ClN4O3/c1-13-3-8-17(21)19(11-13)28-12-25-10-9-18(24-25)20(27)23-16-6-4-15(5-7-16)22-14(2)26/h3-11H,12H2,1-2H3,(H,22,26)(H,23,27). The van der Waals surface area contributed by atoms with Gasteiger partial charge in [-0.3, -0.25) is 9.59 Å². The molecule has 2 N–H and O–H groups in total. The molecule has 0 aliphatic rings. The summed E-state index contributed by atoms with van der Waals surface area (Å²) in [6.07, 6.45) is 1.65. The summed E-state index contributed by atoms with van der Waals surface area (Å²) in [6, 6.07) is 13.9. The molecule has 0 unspecified atom stereocenters. The predicted molar refractivity (Wildman–Crippen MR) is 108 cm³/mol. The van der Waals surface area contributed by atoms with E-state index in [1.165, 1.54) is 11.6 Å². The summed E-state index contributed by atoms with van der Waals surface area (Å²) in [5, 5.41) is 10.1. The Morgan fingerprint density at radius 3 is 2.43 bits per heavy atom. The maximum atomic E-state index is 12.3. The number of amides is 2. The molecule has 0 aliphatic carbocycles. The Bertz CT molecular complexity index is 999. The van der Waals surface area contributed by atoms with E-state index in [1.54, 1.807) is 42.6 Å². The second-order valence-electron chi connectivity index (χ2n) is 6.16. The first-order valence-electron chi connectivity index (χ1n) is 8.52. The van der Waals surface area contributed by atoms with E-state index in [2.05, 4.69) is 15.7 Å². The molecule has 0 aliphatic heterocycles. The fraction of sp³-hybridized carbons (Fsp3) is 0.150. The molecular weight excluding hydrogens is 380 g/mol. The van der Waals surface area contributed by atoms with Gasteiger partial charge in [0.2, 0.25) is 5.91 Å². The van der Waals surface area contributed by atoms with Crippen LogP contribution in [0.15, 0.2) is 54.7 Å². The van der Waals surface area contributed by atoms with Crippen molar-refractivity contribution >= 4 is 34.8 Å². The van der Waals surface area contributed by atoms with Gasteiger partial charge in [-0.05, 0) is 55.0 Å². The van der Waals surface area contributed by atoms with Crippen LogP contribution in [0.3, 0.4) is 0 Å². The van der Waals surface area contributed by atoms with Crippen LogP contribution in [0.4, 0.5) is 11.4 Å². The minimum Gasteiger partial charge on any atom is -0.470 e. The maximum Gasteiger partial charge on any atom is 0.276 e. The molecule has 8 heteroatoms. The lowest BCUT2D eigenvalue weighted by Gasteiger charge is -2.09. The van der Waals surface area contributed by atoms with E-state index in [1.807, 2.05) is 19.1 Å². The third-order valence-electron chi connectivity index (χ3n) is 3.78. The normalized spacial score (nSPS) is 10.4. The van der Waals surface area contributed by atoms with Gasteiger partial charge in [0.15, 0.2) is 12.4 Å². The van der Waals surface area contributed by atoms with E-state index >= 15 is 0 Å². The number of ether oxygens (including phenoxy) is 1. The number of nitrogens with zero attached hydrogens (tertiary/aromatic N) is 2. The molecule has 2 aromatic carbocycles. The SMILES string of the molecule is CC(=O)Nc1ccc(NC(=O)c2ccn(COc3cc(C)ccc3Cl)n2)cc1. The number of nitrogens with one attached hydrogen (secondary N) is 2. The molecule has 1 aromatic heterocycles. The third-order valence-corrected chi connectivity index (χ3v) is 4.09. The van der Waals surface area contributed by atoms with Crippen molar-refractivity contribution in [3.05, 3.63) is 71.0 Å². The van der Waals surface area contributed by atoms with Gasteiger partial charge >= 0.3 is 0 Å². The van der Waals surface area contributed by atoms with Crippen LogP contribution in [0.1, 0.15) is 23.0 Å². The average molecular weight is 399 g/mol. The lowest BCUT2D eigenvalue weighted by molar-refractivity contribution is -0.114. The van der Waals surface area contributed by atoms with Crippen LogP contribution in [0.25, 0.3) is 0 Å². The van der Waals surface area contributed by atoms with Crippen molar-refractivity contribution < 1.29 is 14.3 Å². The van der Waals surface area contributed by atoms with E-state index in [4.69, 9.17) is 16.3 Å². The van der Waals surface area contributed by atoms with E-state index in [-0.39, 0.29) is 24.2 Å². The summed E-state index contributed by atoms with van der Waals surface area (Å²) < 4.78 is 7.17. The van der Waals surface area contributed by atoms with Crippen LogP contribution in [0.5, 0.6) is 5.75 Å². The molecule has 0 saturated heterocycles. The van der Waals surface area contributed by atoms with Crippen LogP contribution in [0.2, 0.25) is 5.02 Å². The van der Waals surface area contributed by atoms with Crippen molar-refractivity contribution in [2.24, 2.45) is 0 Å². The first kappa shape index (κ1) is 19.4. The summed E-state index contributed by atoms with van der Waals surface area (Å²) in [7, 11) is 0. The molecule has 2 amide bonds. The zero-order valence-corrected chi connectivity index (χ0v) is 16.2. The minimum atomic E-state index is -0.348. The maximum absolute atomic E-state index is 12.3. The Morgan fingerprint density at radius 1 is 1.07 bits per heavy atom. The highest BCUT2D eigenvalue weighted by Gasteiger charge is 2.11. The van der Waals surface area contributed by atoms with Crippen molar-refractivity contribution in [1.29, 1.82) is 0 Å². The summed E-state index contributed by atoms with van der Waals surface area (Å²) in [6.45, 7) is 3.51. The van der Waals surface area contributed by atoms with Gasteiger partial charge in [-0.25, -0.2) is 4.68 Å². The summed E-state index contributed by atoms with van der Waals surface area (Å²) >= 11 is 6.11. The Hall–Kier alpha value is -3.32. The minimum absolute atomic E-state index is 0.127. The fourth-order valence-electron chi connectivity index (χ4n) is 2.45. The van der Waals surface area contributed by atoms with Crippen LogP contribution in [-0.2, 0) is 11.5 Å². The molecule has 0 saturated carbocycles. The molecule has 1 heterocycles. The van der Waals surface area contributed by atoms with Crippen LogP contribution in [0, 0.1) is 6.92 Å². The van der Waals surface area contributed by atoms with Gasteiger partial charge in [-0.15, -0.1) is 0 Å². The zero-order valence-electron chi connectivity index (χ0n) is 15.4. The van der Waals surface area contributed by atoms with Gasteiger partial charge in [0, 0.05) is 24.5 Å². The van der Waals surface area contributed by atoms with E-state index in [0.29, 0.717) is 22.1 Å². The largest absolute Gasteiger partial charge is 0.470 e. The summed E-state index contributed by atoms with van der Waals surface area (Å²) in [5.74, 6) is 0.0542. The molecule has 0 radical (unpaired) electrons. The highest BCUT2D eigenvalue weighted by atomic mass is 35.5.